The Balaban J connectivity index is 1.86. The zero-order valence-electron chi connectivity index (χ0n) is 12.8. The Morgan fingerprint density at radius 2 is 1.70 bits per heavy atom. The number of amides is 3. The van der Waals surface area contributed by atoms with Gasteiger partial charge in [0.05, 0.1) is 0 Å². The first-order chi connectivity index (χ1) is 11.0. The van der Waals surface area contributed by atoms with Crippen LogP contribution < -0.4 is 11.1 Å². The maximum absolute atomic E-state index is 12.1. The maximum atomic E-state index is 12.1. The van der Waals surface area contributed by atoms with E-state index in [2.05, 4.69) is 5.32 Å². The highest BCUT2D eigenvalue weighted by Crippen LogP contribution is 2.12. The second kappa shape index (κ2) is 7.65. The zero-order chi connectivity index (χ0) is 16.8. The van der Waals surface area contributed by atoms with Crippen LogP contribution in [0.25, 0.3) is 0 Å². The van der Waals surface area contributed by atoms with Crippen molar-refractivity contribution < 1.29 is 9.59 Å². The van der Waals surface area contributed by atoms with Crippen LogP contribution in [0.2, 0.25) is 5.02 Å². The van der Waals surface area contributed by atoms with Gasteiger partial charge in [0.1, 0.15) is 0 Å². The quantitative estimate of drug-likeness (QED) is 0.883. The highest BCUT2D eigenvalue weighted by molar-refractivity contribution is 6.30. The zero-order valence-corrected chi connectivity index (χ0v) is 13.5. The molecule has 0 fully saturated rings. The van der Waals surface area contributed by atoms with Gasteiger partial charge in [0.25, 0.3) is 0 Å². The van der Waals surface area contributed by atoms with Gasteiger partial charge in [0.15, 0.2) is 0 Å². The summed E-state index contributed by atoms with van der Waals surface area (Å²) < 4.78 is 0. The average Bonchev–Trinajstić information content (AvgIpc) is 2.54. The van der Waals surface area contributed by atoms with E-state index in [9.17, 15) is 9.59 Å². The number of nitrogens with two attached hydrogens (primary N) is 1. The van der Waals surface area contributed by atoms with Crippen LogP contribution in [-0.4, -0.2) is 30.4 Å². The number of likely N-dealkylation sites (N-methyl/N-ethyl adjacent to an activating group) is 1. The molecule has 0 bridgehead atoms. The van der Waals surface area contributed by atoms with Crippen molar-refractivity contribution in [3.8, 4) is 0 Å². The van der Waals surface area contributed by atoms with Gasteiger partial charge in [-0.1, -0.05) is 23.7 Å². The molecule has 5 nitrogen and oxygen atoms in total. The first-order valence-electron chi connectivity index (χ1n) is 7.12. The Hall–Kier alpha value is -2.53. The lowest BCUT2D eigenvalue weighted by molar-refractivity contribution is 0.100. The van der Waals surface area contributed by atoms with Crippen molar-refractivity contribution in [1.29, 1.82) is 0 Å². The maximum Gasteiger partial charge on any atom is 0.321 e. The molecule has 0 saturated heterocycles. The molecule has 0 heterocycles. The van der Waals surface area contributed by atoms with Gasteiger partial charge >= 0.3 is 6.03 Å². The number of halogens is 1. The van der Waals surface area contributed by atoms with Gasteiger partial charge in [-0.05, 0) is 48.4 Å². The number of hydrogen-bond acceptors (Lipinski definition) is 2. The molecule has 120 valence electrons. The molecule has 0 aliphatic heterocycles. The number of urea groups is 1. The van der Waals surface area contributed by atoms with Crippen LogP contribution in [0, 0.1) is 0 Å². The summed E-state index contributed by atoms with van der Waals surface area (Å²) in [5.74, 6) is -0.497. The molecule has 23 heavy (non-hydrogen) atoms. The number of carbonyl (C=O) groups is 2. The molecule has 0 radical (unpaired) electrons. The topological polar surface area (TPSA) is 75.4 Å². The molecule has 0 aromatic heterocycles. The third-order valence-electron chi connectivity index (χ3n) is 3.42. The molecule has 0 aliphatic carbocycles. The fourth-order valence-electron chi connectivity index (χ4n) is 1.99. The van der Waals surface area contributed by atoms with Crippen molar-refractivity contribution in [3.63, 3.8) is 0 Å². The Kier molecular flexibility index (Phi) is 5.60. The Morgan fingerprint density at radius 1 is 1.09 bits per heavy atom. The number of nitrogens with zero attached hydrogens (tertiary/aromatic N) is 1. The number of primary amides is 1. The predicted molar refractivity (Wildman–Crippen MR) is 91.8 cm³/mol. The fraction of sp³-hybridized carbons (Fsp3) is 0.176. The highest BCUT2D eigenvalue weighted by Gasteiger charge is 2.09. The lowest BCUT2D eigenvalue weighted by Crippen LogP contribution is -2.33. The van der Waals surface area contributed by atoms with Crippen molar-refractivity contribution in [1.82, 2.24) is 4.90 Å². The van der Waals surface area contributed by atoms with E-state index in [0.29, 0.717) is 22.8 Å². The van der Waals surface area contributed by atoms with Gasteiger partial charge in [0, 0.05) is 29.9 Å². The fourth-order valence-corrected chi connectivity index (χ4v) is 2.11. The Bertz CT molecular complexity index is 684. The van der Waals surface area contributed by atoms with E-state index in [1.54, 1.807) is 36.2 Å². The Morgan fingerprint density at radius 3 is 2.26 bits per heavy atom. The summed E-state index contributed by atoms with van der Waals surface area (Å²) in [5.41, 5.74) is 7.30. The molecule has 0 saturated carbocycles. The van der Waals surface area contributed by atoms with Gasteiger partial charge in [-0.2, -0.15) is 0 Å². The van der Waals surface area contributed by atoms with Crippen molar-refractivity contribution in [2.24, 2.45) is 5.73 Å². The lowest BCUT2D eigenvalue weighted by atomic mass is 10.1. The standard InChI is InChI=1S/C17H18ClN3O2/c1-21(11-10-12-2-6-14(18)7-3-12)17(23)20-15-8-4-13(5-9-15)16(19)22/h2-9H,10-11H2,1H3,(H2,19,22)(H,20,23). The van der Waals surface area contributed by atoms with Crippen LogP contribution in [-0.2, 0) is 6.42 Å². The number of nitrogens with one attached hydrogen (secondary N) is 1. The molecule has 3 N–H and O–H groups in total. The molecule has 0 spiro atoms. The molecular formula is C17H18ClN3O2. The smallest absolute Gasteiger partial charge is 0.321 e. The predicted octanol–water partition coefficient (Wildman–Crippen LogP) is 3.15. The van der Waals surface area contributed by atoms with E-state index < -0.39 is 5.91 Å². The summed E-state index contributed by atoms with van der Waals surface area (Å²) in [5, 5.41) is 3.46. The first kappa shape index (κ1) is 16.8. The van der Waals surface area contributed by atoms with Crippen molar-refractivity contribution in [3.05, 3.63) is 64.7 Å². The van der Waals surface area contributed by atoms with Gasteiger partial charge in [-0.3, -0.25) is 4.79 Å². The molecule has 0 unspecified atom stereocenters. The summed E-state index contributed by atoms with van der Waals surface area (Å²) in [6.07, 6.45) is 0.738. The molecule has 3 amide bonds. The lowest BCUT2D eigenvalue weighted by Gasteiger charge is -2.18. The first-order valence-corrected chi connectivity index (χ1v) is 7.50. The number of benzene rings is 2. The number of anilines is 1. The van der Waals surface area contributed by atoms with Crippen LogP contribution in [0.5, 0.6) is 0 Å². The minimum atomic E-state index is -0.497. The molecule has 6 heteroatoms. The number of carbonyl (C=O) groups excluding carboxylic acids is 2. The number of hydrogen-bond donors (Lipinski definition) is 2. The highest BCUT2D eigenvalue weighted by atomic mass is 35.5. The summed E-state index contributed by atoms with van der Waals surface area (Å²) in [6, 6.07) is 13.8. The van der Waals surface area contributed by atoms with E-state index in [1.165, 1.54) is 0 Å². The largest absolute Gasteiger partial charge is 0.366 e. The van der Waals surface area contributed by atoms with E-state index in [1.807, 2.05) is 24.3 Å². The van der Waals surface area contributed by atoms with E-state index in [4.69, 9.17) is 17.3 Å². The summed E-state index contributed by atoms with van der Waals surface area (Å²) >= 11 is 5.84. The van der Waals surface area contributed by atoms with Crippen molar-refractivity contribution >= 4 is 29.2 Å². The van der Waals surface area contributed by atoms with Crippen molar-refractivity contribution in [2.45, 2.75) is 6.42 Å². The number of rotatable bonds is 5. The molecule has 0 aliphatic rings. The van der Waals surface area contributed by atoms with Crippen molar-refractivity contribution in [2.75, 3.05) is 18.9 Å². The van der Waals surface area contributed by atoms with Crippen LogP contribution in [0.3, 0.4) is 0 Å². The van der Waals surface area contributed by atoms with Crippen LogP contribution in [0.15, 0.2) is 48.5 Å². The third kappa shape index (κ3) is 5.00. The summed E-state index contributed by atoms with van der Waals surface area (Å²) in [7, 11) is 1.73. The van der Waals surface area contributed by atoms with Gasteiger partial charge in [-0.25, -0.2) is 4.79 Å². The van der Waals surface area contributed by atoms with E-state index in [-0.39, 0.29) is 6.03 Å². The summed E-state index contributed by atoms with van der Waals surface area (Å²) in [6.45, 7) is 0.576. The molecular weight excluding hydrogens is 314 g/mol. The SMILES string of the molecule is CN(CCc1ccc(Cl)cc1)C(=O)Nc1ccc(C(N)=O)cc1. The minimum Gasteiger partial charge on any atom is -0.366 e. The third-order valence-corrected chi connectivity index (χ3v) is 3.67. The Labute approximate surface area is 140 Å². The van der Waals surface area contributed by atoms with Gasteiger partial charge < -0.3 is 16.0 Å². The molecule has 2 aromatic rings. The summed E-state index contributed by atoms with van der Waals surface area (Å²) in [4.78, 5) is 24.7. The minimum absolute atomic E-state index is 0.217. The van der Waals surface area contributed by atoms with Crippen LogP contribution in [0.1, 0.15) is 15.9 Å². The monoisotopic (exact) mass is 331 g/mol. The second-order valence-corrected chi connectivity index (χ2v) is 5.61. The normalized spacial score (nSPS) is 10.2. The molecule has 2 rings (SSSR count). The average molecular weight is 332 g/mol. The van der Waals surface area contributed by atoms with Gasteiger partial charge in [0.2, 0.25) is 5.91 Å². The molecule has 2 aromatic carbocycles. The van der Waals surface area contributed by atoms with Crippen LogP contribution >= 0.6 is 11.6 Å². The molecule has 0 atom stereocenters. The van der Waals surface area contributed by atoms with E-state index in [0.717, 1.165) is 12.0 Å². The second-order valence-electron chi connectivity index (χ2n) is 5.17. The van der Waals surface area contributed by atoms with Crippen LogP contribution in [0.4, 0.5) is 10.5 Å². The van der Waals surface area contributed by atoms with E-state index >= 15 is 0 Å². The van der Waals surface area contributed by atoms with Gasteiger partial charge in [-0.15, -0.1) is 0 Å².